The van der Waals surface area contributed by atoms with Gasteiger partial charge in [0, 0.05) is 24.5 Å². The number of hydrogen-bond donors (Lipinski definition) is 1. The molecule has 2 aromatic carbocycles. The maximum Gasteiger partial charge on any atom is 0.230 e. The molecule has 0 bridgehead atoms. The lowest BCUT2D eigenvalue weighted by Gasteiger charge is -2.05. The minimum Gasteiger partial charge on any atom is -0.351 e. The third kappa shape index (κ3) is 3.48. The number of halogens is 1. The molecule has 0 aliphatic carbocycles. The number of carbonyl (C=O) groups is 1. The zero-order chi connectivity index (χ0) is 18.8. The summed E-state index contributed by atoms with van der Waals surface area (Å²) in [6, 6.07) is 14.3. The Kier molecular flexibility index (Phi) is 4.72. The van der Waals surface area contributed by atoms with Crippen molar-refractivity contribution in [1.82, 2.24) is 25.1 Å². The fraction of sp³-hybridized carbons (Fsp3) is 0.158. The fourth-order valence-corrected chi connectivity index (χ4v) is 3.48. The summed E-state index contributed by atoms with van der Waals surface area (Å²) in [5, 5.41) is 12.5. The summed E-state index contributed by atoms with van der Waals surface area (Å²) in [6.45, 7) is 0.146. The Bertz CT molecular complexity index is 1140. The first-order valence-electron chi connectivity index (χ1n) is 8.34. The van der Waals surface area contributed by atoms with E-state index in [4.69, 9.17) is 0 Å². The molecule has 0 saturated carbocycles. The second-order valence-electron chi connectivity index (χ2n) is 6.00. The van der Waals surface area contributed by atoms with E-state index in [-0.39, 0.29) is 24.0 Å². The van der Waals surface area contributed by atoms with Gasteiger partial charge in [0.15, 0.2) is 5.65 Å². The Hall–Kier alpha value is -3.00. The van der Waals surface area contributed by atoms with Gasteiger partial charge in [-0.25, -0.2) is 9.37 Å². The molecule has 2 heterocycles. The molecule has 8 heteroatoms. The zero-order valence-corrected chi connectivity index (χ0v) is 15.3. The molecule has 2 aromatic heterocycles. The molecule has 0 radical (unpaired) electrons. The van der Waals surface area contributed by atoms with Crippen molar-refractivity contribution in [2.24, 2.45) is 7.05 Å². The minimum atomic E-state index is -0.334. The summed E-state index contributed by atoms with van der Waals surface area (Å²) in [6.07, 6.45) is 0. The highest BCUT2D eigenvalue weighted by molar-refractivity contribution is 7.99. The van der Waals surface area contributed by atoms with Crippen molar-refractivity contribution >= 4 is 39.7 Å². The summed E-state index contributed by atoms with van der Waals surface area (Å²) < 4.78 is 15.5. The third-order valence-electron chi connectivity index (χ3n) is 4.25. The number of carbonyl (C=O) groups excluding carboxylic acids is 1. The van der Waals surface area contributed by atoms with Crippen LogP contribution in [-0.4, -0.2) is 31.4 Å². The standard InChI is InChI=1S/C19H16FN5OS/c1-25-15-9-5-3-7-13(15)17-18(25)22-19(24-23-17)27-11-16(26)21-10-12-6-2-4-8-14(12)20/h2-9H,10-11H2,1H3,(H,21,26). The molecular formula is C19H16FN5OS. The summed E-state index contributed by atoms with van der Waals surface area (Å²) in [4.78, 5) is 16.6. The van der Waals surface area contributed by atoms with Crippen LogP contribution in [0.25, 0.3) is 22.1 Å². The topological polar surface area (TPSA) is 72.7 Å². The number of thioether (sulfide) groups is 1. The van der Waals surface area contributed by atoms with Crippen molar-refractivity contribution in [3.05, 3.63) is 59.9 Å². The summed E-state index contributed by atoms with van der Waals surface area (Å²) in [7, 11) is 1.93. The Morgan fingerprint density at radius 3 is 2.78 bits per heavy atom. The van der Waals surface area contributed by atoms with Crippen LogP contribution in [0.15, 0.2) is 53.7 Å². The van der Waals surface area contributed by atoms with Crippen LogP contribution in [0.5, 0.6) is 0 Å². The largest absolute Gasteiger partial charge is 0.351 e. The second-order valence-corrected chi connectivity index (χ2v) is 6.94. The zero-order valence-electron chi connectivity index (χ0n) is 14.5. The number of para-hydroxylation sites is 1. The summed E-state index contributed by atoms with van der Waals surface area (Å²) in [5.74, 6) is -0.422. The lowest BCUT2D eigenvalue weighted by Crippen LogP contribution is -2.25. The molecule has 136 valence electrons. The van der Waals surface area contributed by atoms with Gasteiger partial charge in [0.2, 0.25) is 11.1 Å². The van der Waals surface area contributed by atoms with Crippen LogP contribution in [0.4, 0.5) is 4.39 Å². The van der Waals surface area contributed by atoms with Crippen LogP contribution >= 0.6 is 11.8 Å². The Morgan fingerprint density at radius 1 is 1.15 bits per heavy atom. The number of benzene rings is 2. The van der Waals surface area contributed by atoms with E-state index in [9.17, 15) is 9.18 Å². The molecule has 4 rings (SSSR count). The average molecular weight is 381 g/mol. The lowest BCUT2D eigenvalue weighted by molar-refractivity contribution is -0.118. The SMILES string of the molecule is Cn1c2ccccc2c2nnc(SCC(=O)NCc3ccccc3F)nc21. The molecule has 0 spiro atoms. The van der Waals surface area contributed by atoms with Crippen molar-refractivity contribution in [3.8, 4) is 0 Å². The predicted molar refractivity (Wildman–Crippen MR) is 103 cm³/mol. The van der Waals surface area contributed by atoms with Crippen molar-refractivity contribution in [1.29, 1.82) is 0 Å². The molecule has 0 aliphatic heterocycles. The van der Waals surface area contributed by atoms with Gasteiger partial charge in [0.1, 0.15) is 11.3 Å². The number of nitrogens with one attached hydrogen (secondary N) is 1. The molecule has 0 unspecified atom stereocenters. The average Bonchev–Trinajstić information content (AvgIpc) is 2.98. The van der Waals surface area contributed by atoms with Crippen LogP contribution in [0.2, 0.25) is 0 Å². The molecule has 1 N–H and O–H groups in total. The maximum absolute atomic E-state index is 13.6. The number of fused-ring (bicyclic) bond motifs is 3. The maximum atomic E-state index is 13.6. The van der Waals surface area contributed by atoms with E-state index in [0.29, 0.717) is 10.7 Å². The first-order valence-corrected chi connectivity index (χ1v) is 9.33. The van der Waals surface area contributed by atoms with E-state index in [2.05, 4.69) is 20.5 Å². The van der Waals surface area contributed by atoms with Crippen LogP contribution in [-0.2, 0) is 18.4 Å². The van der Waals surface area contributed by atoms with E-state index in [1.165, 1.54) is 17.8 Å². The number of aromatic nitrogens is 4. The summed E-state index contributed by atoms with van der Waals surface area (Å²) in [5.41, 5.74) is 2.94. The van der Waals surface area contributed by atoms with E-state index in [0.717, 1.165) is 22.1 Å². The number of aryl methyl sites for hydroxylation is 1. The molecule has 0 fully saturated rings. The molecule has 27 heavy (non-hydrogen) atoms. The highest BCUT2D eigenvalue weighted by Crippen LogP contribution is 2.25. The van der Waals surface area contributed by atoms with Gasteiger partial charge in [0.25, 0.3) is 0 Å². The smallest absolute Gasteiger partial charge is 0.230 e. The molecule has 0 atom stereocenters. The van der Waals surface area contributed by atoms with Crippen LogP contribution in [0, 0.1) is 5.82 Å². The Labute approximate surface area is 158 Å². The van der Waals surface area contributed by atoms with Crippen molar-refractivity contribution in [2.75, 3.05) is 5.75 Å². The highest BCUT2D eigenvalue weighted by Gasteiger charge is 2.13. The molecule has 6 nitrogen and oxygen atoms in total. The minimum absolute atomic E-state index is 0.131. The number of nitrogens with zero attached hydrogens (tertiary/aromatic N) is 4. The molecular weight excluding hydrogens is 365 g/mol. The predicted octanol–water partition coefficient (Wildman–Crippen LogP) is 3.06. The first kappa shape index (κ1) is 17.4. The van der Waals surface area contributed by atoms with Gasteiger partial charge in [-0.3, -0.25) is 4.79 Å². The Morgan fingerprint density at radius 2 is 1.93 bits per heavy atom. The summed E-state index contributed by atoms with van der Waals surface area (Å²) >= 11 is 1.20. The van der Waals surface area contributed by atoms with E-state index in [1.54, 1.807) is 18.2 Å². The quantitative estimate of drug-likeness (QED) is 0.538. The van der Waals surface area contributed by atoms with Crippen LogP contribution in [0.1, 0.15) is 5.56 Å². The molecule has 0 aliphatic rings. The fourth-order valence-electron chi connectivity index (χ4n) is 2.87. The molecule has 4 aromatic rings. The second kappa shape index (κ2) is 7.32. The van der Waals surface area contributed by atoms with Gasteiger partial charge < -0.3 is 9.88 Å². The lowest BCUT2D eigenvalue weighted by atomic mass is 10.2. The van der Waals surface area contributed by atoms with Crippen LogP contribution < -0.4 is 5.32 Å². The highest BCUT2D eigenvalue weighted by atomic mass is 32.2. The van der Waals surface area contributed by atoms with Gasteiger partial charge in [-0.05, 0) is 12.1 Å². The van der Waals surface area contributed by atoms with Crippen molar-refractivity contribution in [2.45, 2.75) is 11.7 Å². The van der Waals surface area contributed by atoms with Gasteiger partial charge in [-0.2, -0.15) is 0 Å². The normalized spacial score (nSPS) is 11.2. The van der Waals surface area contributed by atoms with E-state index in [1.807, 2.05) is 35.9 Å². The third-order valence-corrected chi connectivity index (χ3v) is 5.09. The van der Waals surface area contributed by atoms with Crippen molar-refractivity contribution in [3.63, 3.8) is 0 Å². The number of rotatable bonds is 5. The van der Waals surface area contributed by atoms with E-state index < -0.39 is 0 Å². The molecule has 1 amide bonds. The van der Waals surface area contributed by atoms with Gasteiger partial charge in [-0.1, -0.05) is 48.2 Å². The monoisotopic (exact) mass is 381 g/mol. The number of hydrogen-bond acceptors (Lipinski definition) is 5. The number of amides is 1. The molecule has 0 saturated heterocycles. The van der Waals surface area contributed by atoms with E-state index >= 15 is 0 Å². The Balaban J connectivity index is 1.44. The van der Waals surface area contributed by atoms with Gasteiger partial charge in [-0.15, -0.1) is 10.2 Å². The van der Waals surface area contributed by atoms with Gasteiger partial charge in [0.05, 0.1) is 11.3 Å². The first-order chi connectivity index (χ1) is 13.1. The van der Waals surface area contributed by atoms with Gasteiger partial charge >= 0.3 is 0 Å². The van der Waals surface area contributed by atoms with Crippen molar-refractivity contribution < 1.29 is 9.18 Å². The van der Waals surface area contributed by atoms with Crippen LogP contribution in [0.3, 0.4) is 0 Å².